The zero-order valence-corrected chi connectivity index (χ0v) is 28.0. The van der Waals surface area contributed by atoms with Gasteiger partial charge in [0.1, 0.15) is 5.82 Å². The fourth-order valence-corrected chi connectivity index (χ4v) is 2.82. The molecule has 0 spiro atoms. The maximum Gasteiger partial charge on any atom is 0.132 e. The third kappa shape index (κ3) is 19.3. The van der Waals surface area contributed by atoms with Crippen molar-refractivity contribution in [3.63, 3.8) is 0 Å². The maximum atomic E-state index is 8.20. The van der Waals surface area contributed by atoms with Gasteiger partial charge in [-0.1, -0.05) is 103 Å². The fraction of sp³-hybridized carbons (Fsp3) is 0.417. The van der Waals surface area contributed by atoms with Crippen molar-refractivity contribution in [1.82, 2.24) is 15.6 Å². The van der Waals surface area contributed by atoms with Crippen molar-refractivity contribution in [2.75, 3.05) is 19.3 Å². The molecule has 2 rings (SSSR count). The summed E-state index contributed by atoms with van der Waals surface area (Å²) < 4.78 is 0. The molecule has 6 heteroatoms. The average molecular weight is 575 g/mol. The molecule has 0 saturated heterocycles. The van der Waals surface area contributed by atoms with E-state index in [2.05, 4.69) is 98.0 Å². The van der Waals surface area contributed by atoms with Gasteiger partial charge in [-0.3, -0.25) is 4.99 Å². The van der Waals surface area contributed by atoms with Crippen molar-refractivity contribution in [2.45, 2.75) is 74.8 Å². The van der Waals surface area contributed by atoms with Crippen LogP contribution in [-0.2, 0) is 0 Å². The monoisotopic (exact) mass is 574 g/mol. The Balaban J connectivity index is 0. The number of nitrogens with zero attached hydrogens (tertiary/aromatic N) is 2. The molecule has 0 fully saturated rings. The van der Waals surface area contributed by atoms with Crippen LogP contribution in [0, 0.1) is 17.2 Å². The Bertz CT molecular complexity index is 1110. The second-order valence-corrected chi connectivity index (χ2v) is 10.4. The van der Waals surface area contributed by atoms with E-state index < -0.39 is 0 Å². The van der Waals surface area contributed by atoms with Gasteiger partial charge in [-0.15, -0.1) is 6.58 Å². The highest BCUT2D eigenvalue weighted by Gasteiger charge is 2.09. The molecular formula is C36H58N6. The minimum absolute atomic E-state index is 0.284. The van der Waals surface area contributed by atoms with E-state index in [1.807, 2.05) is 59.9 Å². The molecule has 42 heavy (non-hydrogen) atoms. The summed E-state index contributed by atoms with van der Waals surface area (Å²) in [5.41, 5.74) is 11.2. The van der Waals surface area contributed by atoms with Crippen LogP contribution in [-0.4, -0.2) is 37.0 Å². The summed E-state index contributed by atoms with van der Waals surface area (Å²) in [4.78, 5) is 8.14. The van der Waals surface area contributed by atoms with Crippen LogP contribution in [0.4, 0.5) is 5.82 Å². The van der Waals surface area contributed by atoms with Gasteiger partial charge in [-0.25, -0.2) is 4.98 Å². The lowest BCUT2D eigenvalue weighted by Gasteiger charge is -2.11. The van der Waals surface area contributed by atoms with Crippen LogP contribution in [0.2, 0.25) is 0 Å². The van der Waals surface area contributed by atoms with Gasteiger partial charge in [-0.2, -0.15) is 0 Å². The Morgan fingerprint density at radius 3 is 2.14 bits per heavy atom. The van der Waals surface area contributed by atoms with Gasteiger partial charge in [0.25, 0.3) is 0 Å². The van der Waals surface area contributed by atoms with Gasteiger partial charge in [0.2, 0.25) is 0 Å². The number of nitrogens with one attached hydrogen (secondary N) is 3. The van der Waals surface area contributed by atoms with Crippen LogP contribution in [0.25, 0.3) is 11.6 Å². The van der Waals surface area contributed by atoms with Gasteiger partial charge in [-0.05, 0) is 69.1 Å². The van der Waals surface area contributed by atoms with Gasteiger partial charge >= 0.3 is 0 Å². The first-order valence-electron chi connectivity index (χ1n) is 14.8. The van der Waals surface area contributed by atoms with Crippen LogP contribution >= 0.6 is 0 Å². The van der Waals surface area contributed by atoms with E-state index in [0.717, 1.165) is 16.8 Å². The van der Waals surface area contributed by atoms with E-state index in [-0.39, 0.29) is 5.92 Å². The van der Waals surface area contributed by atoms with E-state index in [9.17, 15) is 0 Å². The summed E-state index contributed by atoms with van der Waals surface area (Å²) in [5.74, 6) is 1.34. The number of allylic oxidation sites excluding steroid dienone is 5. The zero-order chi connectivity index (χ0) is 32.5. The molecule has 1 aromatic carbocycles. The Morgan fingerprint density at radius 1 is 1.12 bits per heavy atom. The van der Waals surface area contributed by atoms with Crippen LogP contribution in [0.1, 0.15) is 85.4 Å². The maximum absolute atomic E-state index is 8.20. The molecule has 0 aliphatic carbocycles. The molecule has 0 amide bonds. The minimum Gasteiger partial charge on any atom is -0.384 e. The summed E-state index contributed by atoms with van der Waals surface area (Å²) in [5, 5.41) is 14.3. The van der Waals surface area contributed by atoms with Gasteiger partial charge in [0.15, 0.2) is 0 Å². The third-order valence-corrected chi connectivity index (χ3v) is 6.07. The first kappa shape index (κ1) is 40.4. The molecule has 0 bridgehead atoms. The summed E-state index contributed by atoms with van der Waals surface area (Å²) in [6.45, 7) is 25.9. The first-order valence-corrected chi connectivity index (χ1v) is 14.8. The predicted molar refractivity (Wildman–Crippen MR) is 190 cm³/mol. The van der Waals surface area contributed by atoms with E-state index >= 15 is 0 Å². The molecule has 232 valence electrons. The van der Waals surface area contributed by atoms with E-state index in [1.54, 1.807) is 18.5 Å². The predicted octanol–water partition coefficient (Wildman–Crippen LogP) is 8.79. The summed E-state index contributed by atoms with van der Waals surface area (Å²) >= 11 is 0. The Hall–Kier alpha value is -3.77. The van der Waals surface area contributed by atoms with Gasteiger partial charge in [0.05, 0.1) is 18.0 Å². The molecule has 5 N–H and O–H groups in total. The number of rotatable bonds is 11. The van der Waals surface area contributed by atoms with Crippen molar-refractivity contribution < 1.29 is 0 Å². The Morgan fingerprint density at radius 2 is 1.69 bits per heavy atom. The summed E-state index contributed by atoms with van der Waals surface area (Å²) in [6.07, 6.45) is 12.9. The Kier molecular flexibility index (Phi) is 24.0. The molecule has 0 aliphatic rings. The number of hydrogen-bond donors (Lipinski definition) is 4. The molecule has 0 saturated carbocycles. The fourth-order valence-electron chi connectivity index (χ4n) is 2.82. The number of anilines is 1. The van der Waals surface area contributed by atoms with Crippen molar-refractivity contribution in [2.24, 2.45) is 16.8 Å². The molecular weight excluding hydrogens is 516 g/mol. The quantitative estimate of drug-likeness (QED) is 0.159. The normalized spacial score (nSPS) is 11.8. The molecule has 0 radical (unpaired) electrons. The van der Waals surface area contributed by atoms with Crippen molar-refractivity contribution in [1.29, 1.82) is 5.41 Å². The first-order chi connectivity index (χ1) is 19.9. The zero-order valence-electron chi connectivity index (χ0n) is 28.0. The average Bonchev–Trinajstić information content (AvgIpc) is 2.99. The highest BCUT2D eigenvalue weighted by Crippen LogP contribution is 2.18. The standard InChI is InChI=1S/C17H25N5.C12H16.C4H11N.C3H6/c1-6-12(4)13-7-14(17(19)22-8-13)15(18)9-21-10-16(20-5)11(2)3;1-3-11(2)9-10-12-7-5-4-6-8-12;1-4(2)5-3;1-3-2/h6-8,10-11,18,21H,5,9H2,1-4H3,(H2,19,22);4-11H,3H2,1-2H3;4-5H,1-3H3;3H,1H2,2H3/b12-6+,16-10-,18-15?;10-9+;;. The van der Waals surface area contributed by atoms with E-state index in [1.165, 1.54) is 12.0 Å². The second kappa shape index (κ2) is 25.0. The molecule has 1 unspecified atom stereocenters. The number of hydrogen-bond acceptors (Lipinski definition) is 6. The SMILES string of the molecule is C=CC.C=N/C(=C\NCC(=N)c1cc(/C(C)=C/C)cnc1N)C(C)C.CCC(C)/C=C/c1ccccc1.CNC(C)C. The van der Waals surface area contributed by atoms with Crippen LogP contribution in [0.3, 0.4) is 0 Å². The molecule has 2 aromatic rings. The number of aliphatic imine (C=N–C) groups is 1. The lowest BCUT2D eigenvalue weighted by molar-refractivity contribution is 0.668. The van der Waals surface area contributed by atoms with E-state index in [0.29, 0.717) is 35.6 Å². The number of nitrogens with two attached hydrogens (primary N) is 1. The van der Waals surface area contributed by atoms with Crippen molar-refractivity contribution >= 4 is 29.9 Å². The lowest BCUT2D eigenvalue weighted by Crippen LogP contribution is -2.20. The Labute approximate surface area is 257 Å². The van der Waals surface area contributed by atoms with Crippen molar-refractivity contribution in [3.8, 4) is 0 Å². The number of nitrogen functional groups attached to an aromatic ring is 1. The molecule has 0 aliphatic heterocycles. The largest absolute Gasteiger partial charge is 0.384 e. The summed E-state index contributed by atoms with van der Waals surface area (Å²) in [6, 6.07) is 13.0. The lowest BCUT2D eigenvalue weighted by atomic mass is 10.0. The van der Waals surface area contributed by atoms with E-state index in [4.69, 9.17) is 11.1 Å². The number of benzene rings is 1. The minimum atomic E-state index is 0.284. The number of pyridine rings is 1. The van der Waals surface area contributed by atoms with Gasteiger partial charge in [0, 0.05) is 24.0 Å². The number of aromatic nitrogens is 1. The van der Waals surface area contributed by atoms with Crippen LogP contribution in [0.5, 0.6) is 0 Å². The highest BCUT2D eigenvalue weighted by atomic mass is 14.9. The molecule has 1 aromatic heterocycles. The molecule has 6 nitrogen and oxygen atoms in total. The van der Waals surface area contributed by atoms with Crippen LogP contribution < -0.4 is 16.4 Å². The van der Waals surface area contributed by atoms with Crippen molar-refractivity contribution in [3.05, 3.63) is 96.0 Å². The third-order valence-electron chi connectivity index (χ3n) is 6.07. The van der Waals surface area contributed by atoms with Gasteiger partial charge < -0.3 is 21.8 Å². The topological polar surface area (TPSA) is 99.2 Å². The molecule has 1 heterocycles. The summed E-state index contributed by atoms with van der Waals surface area (Å²) in [7, 11) is 1.95. The van der Waals surface area contributed by atoms with Crippen LogP contribution in [0.15, 0.2) is 84.3 Å². The molecule has 1 atom stereocenters. The smallest absolute Gasteiger partial charge is 0.132 e. The highest BCUT2D eigenvalue weighted by molar-refractivity contribution is 6.03. The second-order valence-electron chi connectivity index (χ2n) is 10.4.